The van der Waals surface area contributed by atoms with Crippen molar-refractivity contribution >= 4 is 5.91 Å². The topological polar surface area (TPSA) is 38.3 Å². The van der Waals surface area contributed by atoms with Gasteiger partial charge in [-0.3, -0.25) is 4.79 Å². The molecule has 1 N–H and O–H groups in total. The van der Waals surface area contributed by atoms with Crippen molar-refractivity contribution in [1.82, 2.24) is 5.32 Å². The van der Waals surface area contributed by atoms with Gasteiger partial charge in [-0.05, 0) is 19.9 Å². The molecule has 1 amide bonds. The Kier molecular flexibility index (Phi) is 2.39. The highest BCUT2D eigenvalue weighted by Crippen LogP contribution is 2.37. The van der Waals surface area contributed by atoms with Crippen LogP contribution in [0.2, 0.25) is 0 Å². The molecular formula is C12H15NO2. The molecule has 0 bridgehead atoms. The Hall–Kier alpha value is -1.51. The van der Waals surface area contributed by atoms with E-state index < -0.39 is 0 Å². The molecule has 0 aromatic heterocycles. The highest BCUT2D eigenvalue weighted by molar-refractivity contribution is 5.85. The summed E-state index contributed by atoms with van der Waals surface area (Å²) in [5, 5.41) is 2.92. The average molecular weight is 205 g/mol. The Labute approximate surface area is 89.4 Å². The molecule has 15 heavy (non-hydrogen) atoms. The van der Waals surface area contributed by atoms with Gasteiger partial charge in [-0.2, -0.15) is 0 Å². The number of benzene rings is 1. The van der Waals surface area contributed by atoms with E-state index in [-0.39, 0.29) is 11.4 Å². The normalized spacial score (nSPS) is 24.3. The number of hydrogen-bond donors (Lipinski definition) is 1. The first-order valence-corrected chi connectivity index (χ1v) is 5.19. The third kappa shape index (κ3) is 1.69. The molecule has 1 saturated heterocycles. The molecule has 1 unspecified atom stereocenters. The second-order valence-electron chi connectivity index (χ2n) is 3.99. The van der Waals surface area contributed by atoms with Gasteiger partial charge in [0.1, 0.15) is 5.75 Å². The summed E-state index contributed by atoms with van der Waals surface area (Å²) in [4.78, 5) is 11.0. The minimum atomic E-state index is -0.247. The Morgan fingerprint density at radius 1 is 1.47 bits per heavy atom. The number of β-lactam (4-membered cyclic amide) rings is 1. The van der Waals surface area contributed by atoms with Crippen LogP contribution in [0.3, 0.4) is 0 Å². The van der Waals surface area contributed by atoms with E-state index in [1.807, 2.05) is 38.1 Å². The van der Waals surface area contributed by atoms with Gasteiger partial charge in [0, 0.05) is 5.56 Å². The van der Waals surface area contributed by atoms with E-state index in [0.717, 1.165) is 11.3 Å². The number of ether oxygens (including phenoxy) is 1. The number of nitrogens with one attached hydrogen (secondary N) is 1. The summed E-state index contributed by atoms with van der Waals surface area (Å²) >= 11 is 0. The summed E-state index contributed by atoms with van der Waals surface area (Å²) in [5.41, 5.74) is 0.814. The lowest BCUT2D eigenvalue weighted by Crippen LogP contribution is -2.56. The molecule has 0 radical (unpaired) electrons. The Balaban J connectivity index is 2.31. The van der Waals surface area contributed by atoms with Crippen molar-refractivity contribution in [3.05, 3.63) is 29.8 Å². The predicted molar refractivity (Wildman–Crippen MR) is 57.7 cm³/mol. The average Bonchev–Trinajstić information content (AvgIpc) is 2.17. The number of hydrogen-bond acceptors (Lipinski definition) is 2. The number of amides is 1. The number of para-hydroxylation sites is 1. The lowest BCUT2D eigenvalue weighted by atomic mass is 9.81. The third-order valence-corrected chi connectivity index (χ3v) is 2.71. The molecule has 1 aromatic rings. The van der Waals surface area contributed by atoms with Crippen LogP contribution in [0.4, 0.5) is 0 Å². The van der Waals surface area contributed by atoms with E-state index in [1.54, 1.807) is 0 Å². The molecule has 0 spiro atoms. The van der Waals surface area contributed by atoms with E-state index >= 15 is 0 Å². The van der Waals surface area contributed by atoms with E-state index in [4.69, 9.17) is 4.74 Å². The molecule has 3 nitrogen and oxygen atoms in total. The van der Waals surface area contributed by atoms with Crippen LogP contribution in [0.5, 0.6) is 5.75 Å². The maximum atomic E-state index is 11.0. The van der Waals surface area contributed by atoms with Gasteiger partial charge in [-0.15, -0.1) is 0 Å². The standard InChI is InChI=1S/C12H15NO2/c1-3-15-10-7-5-4-6-9(10)12(2)8-11(14)13-12/h4-7H,3,8H2,1-2H3,(H,13,14). The highest BCUT2D eigenvalue weighted by Gasteiger charge is 2.41. The summed E-state index contributed by atoms with van der Waals surface area (Å²) in [7, 11) is 0. The number of carbonyl (C=O) groups excluding carboxylic acids is 1. The Morgan fingerprint density at radius 3 is 2.73 bits per heavy atom. The fourth-order valence-electron chi connectivity index (χ4n) is 1.98. The zero-order chi connectivity index (χ0) is 10.9. The van der Waals surface area contributed by atoms with E-state index in [1.165, 1.54) is 0 Å². The molecule has 2 rings (SSSR count). The molecule has 1 fully saturated rings. The molecule has 1 heterocycles. The van der Waals surface area contributed by atoms with Crippen LogP contribution in [0.1, 0.15) is 25.8 Å². The molecule has 1 atom stereocenters. The summed E-state index contributed by atoms with van der Waals surface area (Å²) in [5.74, 6) is 0.964. The van der Waals surface area contributed by atoms with Crippen LogP contribution in [0.25, 0.3) is 0 Å². The van der Waals surface area contributed by atoms with Gasteiger partial charge >= 0.3 is 0 Å². The van der Waals surface area contributed by atoms with Gasteiger partial charge in [-0.1, -0.05) is 18.2 Å². The predicted octanol–water partition coefficient (Wildman–Crippen LogP) is 1.82. The van der Waals surface area contributed by atoms with Crippen molar-refractivity contribution in [1.29, 1.82) is 0 Å². The van der Waals surface area contributed by atoms with Crippen LogP contribution in [-0.4, -0.2) is 12.5 Å². The quantitative estimate of drug-likeness (QED) is 0.764. The molecule has 1 aliphatic rings. The maximum Gasteiger partial charge on any atom is 0.223 e. The first kappa shape index (κ1) is 10.0. The lowest BCUT2D eigenvalue weighted by molar-refractivity contribution is -0.132. The first-order chi connectivity index (χ1) is 7.15. The van der Waals surface area contributed by atoms with Gasteiger partial charge < -0.3 is 10.1 Å². The van der Waals surface area contributed by atoms with Crippen molar-refractivity contribution in [3.63, 3.8) is 0 Å². The largest absolute Gasteiger partial charge is 0.494 e. The summed E-state index contributed by atoms with van der Waals surface area (Å²) in [6.45, 7) is 4.62. The van der Waals surface area contributed by atoms with Crippen LogP contribution < -0.4 is 10.1 Å². The van der Waals surface area contributed by atoms with Crippen LogP contribution >= 0.6 is 0 Å². The van der Waals surface area contributed by atoms with Gasteiger partial charge in [0.25, 0.3) is 0 Å². The SMILES string of the molecule is CCOc1ccccc1C1(C)CC(=O)N1. The molecule has 3 heteroatoms. The second kappa shape index (κ2) is 3.57. The number of carbonyl (C=O) groups is 1. The third-order valence-electron chi connectivity index (χ3n) is 2.71. The van der Waals surface area contributed by atoms with E-state index in [2.05, 4.69) is 5.32 Å². The molecule has 0 saturated carbocycles. The van der Waals surface area contributed by atoms with Crippen LogP contribution in [0.15, 0.2) is 24.3 Å². The molecule has 1 aliphatic heterocycles. The Bertz CT molecular complexity index is 379. The molecular weight excluding hydrogens is 190 g/mol. The highest BCUT2D eigenvalue weighted by atomic mass is 16.5. The minimum absolute atomic E-state index is 0.101. The zero-order valence-corrected chi connectivity index (χ0v) is 9.04. The summed E-state index contributed by atoms with van der Waals surface area (Å²) < 4.78 is 5.54. The van der Waals surface area contributed by atoms with Crippen molar-refractivity contribution in [2.75, 3.05) is 6.61 Å². The van der Waals surface area contributed by atoms with Gasteiger partial charge in [0.05, 0.1) is 18.6 Å². The van der Waals surface area contributed by atoms with Gasteiger partial charge in [0.2, 0.25) is 5.91 Å². The van der Waals surface area contributed by atoms with E-state index in [9.17, 15) is 4.79 Å². The van der Waals surface area contributed by atoms with Crippen molar-refractivity contribution in [3.8, 4) is 5.75 Å². The van der Waals surface area contributed by atoms with Gasteiger partial charge in [-0.25, -0.2) is 0 Å². The fourth-order valence-corrected chi connectivity index (χ4v) is 1.98. The second-order valence-corrected chi connectivity index (χ2v) is 3.99. The van der Waals surface area contributed by atoms with E-state index in [0.29, 0.717) is 13.0 Å². The fraction of sp³-hybridized carbons (Fsp3) is 0.417. The summed E-state index contributed by atoms with van der Waals surface area (Å²) in [6, 6.07) is 7.85. The van der Waals surface area contributed by atoms with Crippen molar-refractivity contribution in [2.45, 2.75) is 25.8 Å². The first-order valence-electron chi connectivity index (χ1n) is 5.19. The monoisotopic (exact) mass is 205 g/mol. The van der Waals surface area contributed by atoms with Crippen LogP contribution in [0, 0.1) is 0 Å². The minimum Gasteiger partial charge on any atom is -0.494 e. The lowest BCUT2D eigenvalue weighted by Gasteiger charge is -2.40. The van der Waals surface area contributed by atoms with Gasteiger partial charge in [0.15, 0.2) is 0 Å². The van der Waals surface area contributed by atoms with Crippen molar-refractivity contribution in [2.24, 2.45) is 0 Å². The van der Waals surface area contributed by atoms with Crippen LogP contribution in [-0.2, 0) is 10.3 Å². The summed E-state index contributed by atoms with van der Waals surface area (Å²) in [6.07, 6.45) is 0.539. The number of rotatable bonds is 3. The zero-order valence-electron chi connectivity index (χ0n) is 9.04. The Morgan fingerprint density at radius 2 is 2.13 bits per heavy atom. The van der Waals surface area contributed by atoms with Crippen molar-refractivity contribution < 1.29 is 9.53 Å². The molecule has 1 aromatic carbocycles. The molecule has 80 valence electrons. The maximum absolute atomic E-state index is 11.0. The smallest absolute Gasteiger partial charge is 0.223 e. The molecule has 0 aliphatic carbocycles.